The number of rotatable bonds is 9. The van der Waals surface area contributed by atoms with Crippen molar-refractivity contribution in [2.45, 2.75) is 10.1 Å². The van der Waals surface area contributed by atoms with E-state index in [1.807, 2.05) is 28.8 Å². The molecule has 1 amide bonds. The lowest BCUT2D eigenvalue weighted by Gasteiger charge is -2.11. The Labute approximate surface area is 231 Å². The zero-order valence-corrected chi connectivity index (χ0v) is 22.6. The first-order chi connectivity index (χ1) is 18.4. The van der Waals surface area contributed by atoms with Gasteiger partial charge in [0.15, 0.2) is 16.1 Å². The summed E-state index contributed by atoms with van der Waals surface area (Å²) in [6.07, 6.45) is 4.85. The average molecular weight is 584 g/mol. The summed E-state index contributed by atoms with van der Waals surface area (Å²) in [7, 11) is -3.78. The molecule has 0 fully saturated rings. The molecule has 2 aromatic carbocycles. The highest BCUT2D eigenvalue weighted by molar-refractivity contribution is 7.99. The van der Waals surface area contributed by atoms with Crippen molar-refractivity contribution in [1.82, 2.24) is 24.7 Å². The maximum absolute atomic E-state index is 12.7. The van der Waals surface area contributed by atoms with Gasteiger partial charge in [-0.1, -0.05) is 23.4 Å². The Morgan fingerprint density at radius 2 is 1.71 bits per heavy atom. The van der Waals surface area contributed by atoms with Crippen molar-refractivity contribution in [3.63, 3.8) is 0 Å². The summed E-state index contributed by atoms with van der Waals surface area (Å²) >= 11 is 8.46. The zero-order valence-electron chi connectivity index (χ0n) is 19.4. The lowest BCUT2D eigenvalue weighted by molar-refractivity contribution is -0.113. The first kappa shape index (κ1) is 25.9. The quantitative estimate of drug-likeness (QED) is 0.232. The minimum atomic E-state index is -3.78. The first-order valence-corrected chi connectivity index (χ1v) is 14.7. The predicted molar refractivity (Wildman–Crippen MR) is 148 cm³/mol. The fraction of sp³-hybridized carbons (Fsp3) is 0.0417. The Kier molecular flexibility index (Phi) is 7.69. The number of amides is 1. The number of carbonyl (C=O) groups is 1. The van der Waals surface area contributed by atoms with Crippen LogP contribution in [0, 0.1) is 0 Å². The van der Waals surface area contributed by atoms with Crippen LogP contribution in [0.3, 0.4) is 0 Å². The largest absolute Gasteiger partial charge is 0.325 e. The zero-order chi connectivity index (χ0) is 26.5. The van der Waals surface area contributed by atoms with E-state index >= 15 is 0 Å². The molecule has 0 saturated heterocycles. The van der Waals surface area contributed by atoms with Crippen molar-refractivity contribution in [3.8, 4) is 17.1 Å². The topological polar surface area (TPSA) is 132 Å². The van der Waals surface area contributed by atoms with Gasteiger partial charge in [-0.3, -0.25) is 19.1 Å². The van der Waals surface area contributed by atoms with Crippen molar-refractivity contribution < 1.29 is 13.2 Å². The molecule has 0 aliphatic carbocycles. The summed E-state index contributed by atoms with van der Waals surface area (Å²) in [6.45, 7) is 0. The second-order valence-corrected chi connectivity index (χ2v) is 11.6. The molecule has 3 aromatic heterocycles. The van der Waals surface area contributed by atoms with Gasteiger partial charge in [-0.15, -0.1) is 21.5 Å². The van der Waals surface area contributed by atoms with Gasteiger partial charge in [-0.2, -0.15) is 0 Å². The van der Waals surface area contributed by atoms with Gasteiger partial charge in [0, 0.05) is 45.9 Å². The van der Waals surface area contributed by atoms with Crippen LogP contribution in [-0.4, -0.2) is 44.8 Å². The highest BCUT2D eigenvalue weighted by Gasteiger charge is 2.18. The summed E-state index contributed by atoms with van der Waals surface area (Å²) < 4.78 is 29.3. The summed E-state index contributed by atoms with van der Waals surface area (Å²) in [4.78, 5) is 20.7. The molecule has 14 heteroatoms. The molecule has 0 aliphatic heterocycles. The van der Waals surface area contributed by atoms with Gasteiger partial charge in [0.25, 0.3) is 10.0 Å². The average Bonchev–Trinajstić information content (AvgIpc) is 3.58. The fourth-order valence-electron chi connectivity index (χ4n) is 3.37. The number of thioether (sulfide) groups is 1. The lowest BCUT2D eigenvalue weighted by Crippen LogP contribution is -2.15. The van der Waals surface area contributed by atoms with Gasteiger partial charge in [0.05, 0.1) is 10.6 Å². The van der Waals surface area contributed by atoms with E-state index in [1.54, 1.807) is 29.9 Å². The van der Waals surface area contributed by atoms with E-state index in [0.717, 1.165) is 11.3 Å². The molecule has 2 N–H and O–H groups in total. The van der Waals surface area contributed by atoms with E-state index in [9.17, 15) is 13.2 Å². The first-order valence-electron chi connectivity index (χ1n) is 11.0. The number of thiazole rings is 1. The second kappa shape index (κ2) is 11.3. The Balaban J connectivity index is 1.28. The third-order valence-electron chi connectivity index (χ3n) is 5.09. The molecule has 0 atom stereocenters. The second-order valence-electron chi connectivity index (χ2n) is 7.66. The number of hydrogen-bond acceptors (Lipinski definition) is 9. The normalized spacial score (nSPS) is 11.3. The van der Waals surface area contributed by atoms with E-state index < -0.39 is 10.0 Å². The van der Waals surface area contributed by atoms with E-state index in [0.29, 0.717) is 21.7 Å². The highest BCUT2D eigenvalue weighted by atomic mass is 35.5. The molecule has 0 unspecified atom stereocenters. The van der Waals surface area contributed by atoms with E-state index in [-0.39, 0.29) is 21.7 Å². The SMILES string of the molecule is O=C(CSc1nnc(-c2ccncc2)n1-c1ccc(Cl)cc1)Nc1ccc(S(=O)(=O)Nc2nccs2)cc1. The number of anilines is 2. The molecule has 0 radical (unpaired) electrons. The van der Waals surface area contributed by atoms with Crippen LogP contribution in [-0.2, 0) is 14.8 Å². The minimum absolute atomic E-state index is 0.0493. The number of nitrogens with one attached hydrogen (secondary N) is 2. The van der Waals surface area contributed by atoms with Crippen LogP contribution in [0.15, 0.2) is 94.7 Å². The van der Waals surface area contributed by atoms with Crippen LogP contribution >= 0.6 is 34.7 Å². The van der Waals surface area contributed by atoms with Crippen LogP contribution in [0.25, 0.3) is 17.1 Å². The molecule has 10 nitrogen and oxygen atoms in total. The Hall–Kier alpha value is -3.78. The maximum Gasteiger partial charge on any atom is 0.263 e. The van der Waals surface area contributed by atoms with Gasteiger partial charge < -0.3 is 5.32 Å². The molecule has 5 aromatic rings. The molecule has 0 spiro atoms. The maximum atomic E-state index is 12.7. The molecule has 0 saturated carbocycles. The molecule has 0 bridgehead atoms. The van der Waals surface area contributed by atoms with Gasteiger partial charge in [0.1, 0.15) is 0 Å². The molecule has 0 aliphatic rings. The number of aromatic nitrogens is 5. The van der Waals surface area contributed by atoms with Crippen molar-refractivity contribution >= 4 is 61.4 Å². The van der Waals surface area contributed by atoms with Crippen LogP contribution in [0.1, 0.15) is 0 Å². The monoisotopic (exact) mass is 583 g/mol. The molecule has 5 rings (SSSR count). The van der Waals surface area contributed by atoms with Crippen LogP contribution in [0.5, 0.6) is 0 Å². The standard InChI is InChI=1S/C24H18ClN7O3S3/c25-17-1-5-19(6-2-17)32-22(16-9-11-26-12-10-16)29-30-24(32)37-15-21(33)28-18-3-7-20(8-4-18)38(34,35)31-23-27-13-14-36-23/h1-14H,15H2,(H,27,31)(H,28,33). The van der Waals surface area contributed by atoms with Crippen molar-refractivity contribution in [2.75, 3.05) is 15.8 Å². The van der Waals surface area contributed by atoms with Crippen molar-refractivity contribution in [1.29, 1.82) is 0 Å². The molecular weight excluding hydrogens is 566 g/mol. The number of sulfonamides is 1. The third-order valence-corrected chi connectivity index (χ3v) is 8.44. The number of nitrogens with zero attached hydrogens (tertiary/aromatic N) is 5. The van der Waals surface area contributed by atoms with E-state index in [2.05, 4.69) is 30.2 Å². The summed E-state index contributed by atoms with van der Waals surface area (Å²) in [5.41, 5.74) is 2.07. The van der Waals surface area contributed by atoms with Crippen molar-refractivity contribution in [2.24, 2.45) is 0 Å². The minimum Gasteiger partial charge on any atom is -0.325 e. The summed E-state index contributed by atoms with van der Waals surface area (Å²) in [5.74, 6) is 0.358. The summed E-state index contributed by atoms with van der Waals surface area (Å²) in [5, 5.41) is 14.5. The molecule has 3 heterocycles. The summed E-state index contributed by atoms with van der Waals surface area (Å²) in [6, 6.07) is 16.8. The third kappa shape index (κ3) is 6.02. The van der Waals surface area contributed by atoms with Gasteiger partial charge in [-0.25, -0.2) is 13.4 Å². The fourth-order valence-corrected chi connectivity index (χ4v) is 6.03. The lowest BCUT2D eigenvalue weighted by atomic mass is 10.2. The Morgan fingerprint density at radius 1 is 0.974 bits per heavy atom. The van der Waals surface area contributed by atoms with Gasteiger partial charge >= 0.3 is 0 Å². The van der Waals surface area contributed by atoms with Crippen molar-refractivity contribution in [3.05, 3.63) is 89.7 Å². The van der Waals surface area contributed by atoms with E-state index in [1.165, 1.54) is 53.6 Å². The molecule has 38 heavy (non-hydrogen) atoms. The number of pyridine rings is 1. The highest BCUT2D eigenvalue weighted by Crippen LogP contribution is 2.28. The van der Waals surface area contributed by atoms with E-state index in [4.69, 9.17) is 11.6 Å². The number of benzene rings is 2. The van der Waals surface area contributed by atoms with Crippen LogP contribution < -0.4 is 10.0 Å². The van der Waals surface area contributed by atoms with Crippen LogP contribution in [0.2, 0.25) is 5.02 Å². The smallest absolute Gasteiger partial charge is 0.263 e. The number of hydrogen-bond donors (Lipinski definition) is 2. The Bertz CT molecular complexity index is 1640. The Morgan fingerprint density at radius 3 is 2.39 bits per heavy atom. The predicted octanol–water partition coefficient (Wildman–Crippen LogP) is 4.97. The molecule has 192 valence electrons. The molecular formula is C24H18ClN7O3S3. The van der Waals surface area contributed by atoms with Gasteiger partial charge in [0.2, 0.25) is 5.91 Å². The number of carbonyl (C=O) groups excluding carboxylic acids is 1. The van der Waals surface area contributed by atoms with Gasteiger partial charge in [-0.05, 0) is 60.7 Å². The van der Waals surface area contributed by atoms with Crippen LogP contribution in [0.4, 0.5) is 10.8 Å². The number of halogens is 1.